The molecule has 0 radical (unpaired) electrons. The van der Waals surface area contributed by atoms with E-state index < -0.39 is 10.0 Å². The molecule has 0 spiro atoms. The van der Waals surface area contributed by atoms with Crippen molar-refractivity contribution < 1.29 is 13.2 Å². The van der Waals surface area contributed by atoms with Crippen LogP contribution in [0.1, 0.15) is 37.7 Å². The third-order valence-electron chi connectivity index (χ3n) is 4.20. The van der Waals surface area contributed by atoms with Crippen LogP contribution in [0.5, 0.6) is 0 Å². The van der Waals surface area contributed by atoms with Gasteiger partial charge < -0.3 is 10.6 Å². The molecule has 1 fully saturated rings. The number of rotatable bonds is 6. The third kappa shape index (κ3) is 5.94. The molecule has 136 valence electrons. The monoisotopic (exact) mass is 364 g/mol. The lowest BCUT2D eigenvalue weighted by atomic mass is 9.96. The summed E-state index contributed by atoms with van der Waals surface area (Å²) in [5.74, 6) is 0. The first-order valence-electron chi connectivity index (χ1n) is 8.42. The Kier molecular flexibility index (Phi) is 6.65. The molecular formula is C17H24N4O3S. The molecule has 8 heteroatoms. The van der Waals surface area contributed by atoms with E-state index in [0.29, 0.717) is 11.3 Å². The summed E-state index contributed by atoms with van der Waals surface area (Å²) in [4.78, 5) is 11.9. The number of amides is 2. The summed E-state index contributed by atoms with van der Waals surface area (Å²) in [5, 5.41) is 14.6. The van der Waals surface area contributed by atoms with Gasteiger partial charge in [0.1, 0.15) is 0 Å². The normalized spacial score (nSPS) is 15.2. The van der Waals surface area contributed by atoms with Gasteiger partial charge in [-0.1, -0.05) is 25.3 Å². The number of nitrogens with zero attached hydrogens (tertiary/aromatic N) is 2. The fourth-order valence-corrected chi connectivity index (χ4v) is 3.89. The van der Waals surface area contributed by atoms with Crippen molar-refractivity contribution in [3.8, 4) is 6.07 Å². The predicted molar refractivity (Wildman–Crippen MR) is 96.8 cm³/mol. The molecule has 0 unspecified atom stereocenters. The van der Waals surface area contributed by atoms with Crippen molar-refractivity contribution in [2.45, 2.75) is 38.1 Å². The Hall–Kier alpha value is -2.27. The molecule has 0 saturated heterocycles. The maximum absolute atomic E-state index is 12.0. The van der Waals surface area contributed by atoms with Gasteiger partial charge in [-0.25, -0.2) is 13.2 Å². The molecule has 0 aromatic heterocycles. The number of benzene rings is 1. The van der Waals surface area contributed by atoms with Gasteiger partial charge in [0.2, 0.25) is 10.0 Å². The van der Waals surface area contributed by atoms with Gasteiger partial charge in [0.25, 0.3) is 0 Å². The molecule has 2 rings (SSSR count). The molecule has 25 heavy (non-hydrogen) atoms. The van der Waals surface area contributed by atoms with Crippen LogP contribution in [0.25, 0.3) is 0 Å². The number of hydrogen-bond acceptors (Lipinski definition) is 4. The average Bonchev–Trinajstić information content (AvgIpc) is 2.58. The molecule has 1 saturated carbocycles. The zero-order chi connectivity index (χ0) is 18.3. The van der Waals surface area contributed by atoms with Crippen molar-refractivity contribution in [2.75, 3.05) is 23.7 Å². The molecule has 2 amide bonds. The highest BCUT2D eigenvalue weighted by molar-refractivity contribution is 7.92. The molecule has 0 atom stereocenters. The largest absolute Gasteiger partial charge is 0.336 e. The number of nitriles is 1. The van der Waals surface area contributed by atoms with E-state index in [-0.39, 0.29) is 25.2 Å². The van der Waals surface area contributed by atoms with E-state index in [2.05, 4.69) is 10.6 Å². The fraction of sp³-hybridized carbons (Fsp3) is 0.529. The van der Waals surface area contributed by atoms with E-state index in [1.54, 1.807) is 18.2 Å². The quantitative estimate of drug-likeness (QED) is 0.805. The minimum Gasteiger partial charge on any atom is -0.336 e. The second kappa shape index (κ2) is 8.72. The molecule has 0 heterocycles. The second-order valence-electron chi connectivity index (χ2n) is 6.23. The molecule has 7 nitrogen and oxygen atoms in total. The smallest absolute Gasteiger partial charge is 0.315 e. The van der Waals surface area contributed by atoms with Crippen LogP contribution in [0, 0.1) is 11.3 Å². The average molecular weight is 364 g/mol. The molecule has 1 aliphatic rings. The summed E-state index contributed by atoms with van der Waals surface area (Å²) < 4.78 is 25.3. The molecule has 1 aromatic rings. The van der Waals surface area contributed by atoms with Gasteiger partial charge in [0.15, 0.2) is 0 Å². The summed E-state index contributed by atoms with van der Waals surface area (Å²) >= 11 is 0. The maximum atomic E-state index is 12.0. The summed E-state index contributed by atoms with van der Waals surface area (Å²) in [6.45, 7) is 0.286. The summed E-state index contributed by atoms with van der Waals surface area (Å²) in [7, 11) is -3.52. The number of carbonyl (C=O) groups excluding carboxylic acids is 1. The van der Waals surface area contributed by atoms with Crippen molar-refractivity contribution in [3.05, 3.63) is 29.8 Å². The minimum absolute atomic E-state index is 0.103. The Labute approximate surface area is 149 Å². The van der Waals surface area contributed by atoms with Gasteiger partial charge in [-0.05, 0) is 31.0 Å². The number of nitrogens with one attached hydrogen (secondary N) is 2. The first kappa shape index (κ1) is 19.1. The molecule has 2 N–H and O–H groups in total. The van der Waals surface area contributed by atoms with Gasteiger partial charge in [0, 0.05) is 12.6 Å². The Balaban J connectivity index is 1.92. The van der Waals surface area contributed by atoms with Gasteiger partial charge >= 0.3 is 6.03 Å². The lowest BCUT2D eigenvalue weighted by Crippen LogP contribution is -2.45. The zero-order valence-electron chi connectivity index (χ0n) is 14.4. The van der Waals surface area contributed by atoms with Crippen LogP contribution in [0.2, 0.25) is 0 Å². The molecule has 0 aliphatic heterocycles. The Bertz CT molecular complexity index is 737. The van der Waals surface area contributed by atoms with E-state index >= 15 is 0 Å². The second-order valence-corrected chi connectivity index (χ2v) is 8.14. The number of anilines is 1. The number of sulfonamides is 1. The maximum Gasteiger partial charge on any atom is 0.315 e. The van der Waals surface area contributed by atoms with Gasteiger partial charge in [0.05, 0.1) is 30.1 Å². The minimum atomic E-state index is -3.52. The van der Waals surface area contributed by atoms with Crippen LogP contribution in [0.4, 0.5) is 10.5 Å². The summed E-state index contributed by atoms with van der Waals surface area (Å²) in [6, 6.07) is 8.31. The lowest BCUT2D eigenvalue weighted by Gasteiger charge is -2.24. The molecule has 1 aliphatic carbocycles. The Morgan fingerprint density at radius 1 is 1.32 bits per heavy atom. The van der Waals surface area contributed by atoms with Crippen LogP contribution in [-0.4, -0.2) is 39.8 Å². The molecule has 1 aromatic carbocycles. The highest BCUT2D eigenvalue weighted by Crippen LogP contribution is 2.19. The van der Waals surface area contributed by atoms with Gasteiger partial charge in [-0.3, -0.25) is 4.31 Å². The third-order valence-corrected chi connectivity index (χ3v) is 5.40. The fourth-order valence-electron chi connectivity index (χ4n) is 2.97. The van der Waals surface area contributed by atoms with E-state index in [1.165, 1.54) is 16.8 Å². The Morgan fingerprint density at radius 3 is 2.68 bits per heavy atom. The van der Waals surface area contributed by atoms with Crippen molar-refractivity contribution in [3.63, 3.8) is 0 Å². The van der Waals surface area contributed by atoms with E-state index in [4.69, 9.17) is 5.26 Å². The van der Waals surface area contributed by atoms with Crippen LogP contribution in [0.15, 0.2) is 24.3 Å². The number of urea groups is 1. The Morgan fingerprint density at radius 2 is 2.04 bits per heavy atom. The van der Waals surface area contributed by atoms with E-state index in [0.717, 1.165) is 31.9 Å². The van der Waals surface area contributed by atoms with Crippen molar-refractivity contribution >= 4 is 21.7 Å². The van der Waals surface area contributed by atoms with Crippen molar-refractivity contribution in [2.24, 2.45) is 0 Å². The first-order valence-corrected chi connectivity index (χ1v) is 10.3. The van der Waals surface area contributed by atoms with Crippen molar-refractivity contribution in [1.82, 2.24) is 10.6 Å². The SMILES string of the molecule is CS(=O)(=O)N(CCNC(=O)NC1CCCCC1)c1cccc(C#N)c1. The van der Waals surface area contributed by atoms with E-state index in [9.17, 15) is 13.2 Å². The molecule has 0 bridgehead atoms. The van der Waals surface area contributed by atoms with Crippen LogP contribution in [0.3, 0.4) is 0 Å². The standard InChI is InChI=1S/C17H24N4O3S/c1-25(23,24)21(16-9-5-6-14(12-16)13-18)11-10-19-17(22)20-15-7-3-2-4-8-15/h5-6,9,12,15H,2-4,7-8,10-11H2,1H3,(H2,19,20,22). The van der Waals surface area contributed by atoms with E-state index in [1.807, 2.05) is 6.07 Å². The zero-order valence-corrected chi connectivity index (χ0v) is 15.2. The van der Waals surface area contributed by atoms with Crippen LogP contribution < -0.4 is 14.9 Å². The molecular weight excluding hydrogens is 340 g/mol. The van der Waals surface area contributed by atoms with Gasteiger partial charge in [-0.15, -0.1) is 0 Å². The summed E-state index contributed by atoms with van der Waals surface area (Å²) in [5.41, 5.74) is 0.796. The predicted octanol–water partition coefficient (Wildman–Crippen LogP) is 1.96. The van der Waals surface area contributed by atoms with Crippen LogP contribution in [-0.2, 0) is 10.0 Å². The van der Waals surface area contributed by atoms with Crippen molar-refractivity contribution in [1.29, 1.82) is 5.26 Å². The summed E-state index contributed by atoms with van der Waals surface area (Å²) in [6.07, 6.45) is 6.55. The highest BCUT2D eigenvalue weighted by Gasteiger charge is 2.19. The number of hydrogen-bond donors (Lipinski definition) is 2. The van der Waals surface area contributed by atoms with Gasteiger partial charge in [-0.2, -0.15) is 5.26 Å². The highest BCUT2D eigenvalue weighted by atomic mass is 32.2. The topological polar surface area (TPSA) is 102 Å². The van der Waals surface area contributed by atoms with Crippen LogP contribution >= 0.6 is 0 Å². The number of carbonyl (C=O) groups is 1. The first-order chi connectivity index (χ1) is 11.9. The lowest BCUT2D eigenvalue weighted by molar-refractivity contribution is 0.233.